The van der Waals surface area contributed by atoms with E-state index in [0.717, 1.165) is 4.83 Å². The quantitative estimate of drug-likeness (QED) is 0.324. The summed E-state index contributed by atoms with van der Waals surface area (Å²) in [6, 6.07) is 0. The van der Waals surface area contributed by atoms with E-state index in [1.165, 1.54) is 25.7 Å². The second-order valence-corrected chi connectivity index (χ2v) is 3.35. The minimum Gasteiger partial charge on any atom is -0.327 e. The first-order valence-corrected chi connectivity index (χ1v) is 4.77. The van der Waals surface area contributed by atoms with Crippen molar-refractivity contribution in [1.29, 1.82) is 0 Å². The van der Waals surface area contributed by atoms with Gasteiger partial charge in [-0.3, -0.25) is 0 Å². The Kier molecular flexibility index (Phi) is 16.3. The second kappa shape index (κ2) is 11.1. The summed E-state index contributed by atoms with van der Waals surface area (Å²) in [7, 11) is 0. The van der Waals surface area contributed by atoms with Gasteiger partial charge in [-0.05, 0) is 11.2 Å². The molecule has 1 unspecified atom stereocenters. The third kappa shape index (κ3) is 8.22. The minimum atomic E-state index is 0. The zero-order valence-corrected chi connectivity index (χ0v) is 12.1. The molecule has 2 heteroatoms. The summed E-state index contributed by atoms with van der Waals surface area (Å²) in [5.74, 6) is 0. The largest absolute Gasteiger partial charge is 1.00 e. The molecule has 1 atom stereocenters. The van der Waals surface area contributed by atoms with Gasteiger partial charge in [-0.1, -0.05) is 36.2 Å². The molecule has 0 N–H and O–H groups in total. The van der Waals surface area contributed by atoms with Gasteiger partial charge >= 0.3 is 51.4 Å². The molecule has 0 aliphatic heterocycles. The van der Waals surface area contributed by atoms with Crippen molar-refractivity contribution in [2.45, 2.75) is 44.4 Å². The predicted octanol–water partition coefficient (Wildman–Crippen LogP) is 0.558. The Labute approximate surface area is 116 Å². The van der Waals surface area contributed by atoms with Crippen LogP contribution in [0.25, 0.3) is 0 Å². The van der Waals surface area contributed by atoms with Gasteiger partial charge in [-0.15, -0.1) is 0 Å². The van der Waals surface area contributed by atoms with Gasteiger partial charge in [0.25, 0.3) is 0 Å². The van der Waals surface area contributed by atoms with Crippen molar-refractivity contribution in [3.8, 4) is 0 Å². The molecular weight excluding hydrogens is 215 g/mol. The van der Waals surface area contributed by atoms with Crippen LogP contribution in [0.1, 0.15) is 39.5 Å². The second-order valence-electron chi connectivity index (χ2n) is 2.05. The first-order valence-electron chi connectivity index (χ1n) is 3.85. The zero-order chi connectivity index (χ0) is 7.11. The minimum absolute atomic E-state index is 0. The van der Waals surface area contributed by atoms with Crippen LogP contribution in [0.3, 0.4) is 0 Å². The van der Waals surface area contributed by atoms with Crippen molar-refractivity contribution >= 4 is 15.9 Å². The Morgan fingerprint density at radius 1 is 1.40 bits per heavy atom. The van der Waals surface area contributed by atoms with Gasteiger partial charge in [-0.2, -0.15) is 12.8 Å². The standard InChI is InChI=1S/C6H10Br.C2H6.K/c7-6-4-2-1-3-5-6;1-2;/h2,6H,1,3-5H2;1-2H3;/q-1;;+1. The fourth-order valence-electron chi connectivity index (χ4n) is 0.900. The molecule has 1 saturated carbocycles. The average molecular weight is 231 g/mol. The van der Waals surface area contributed by atoms with Gasteiger partial charge in [0, 0.05) is 0 Å². The molecule has 1 rings (SSSR count). The Bertz CT molecular complexity index is 51.2. The van der Waals surface area contributed by atoms with E-state index >= 15 is 0 Å². The molecule has 10 heavy (non-hydrogen) atoms. The zero-order valence-electron chi connectivity index (χ0n) is 7.36. The number of halogens is 1. The summed E-state index contributed by atoms with van der Waals surface area (Å²) >= 11 is 3.56. The Morgan fingerprint density at radius 2 is 2.00 bits per heavy atom. The molecule has 1 fully saturated rings. The molecule has 0 spiro atoms. The Hall–Kier alpha value is 2.12. The molecule has 0 aromatic heterocycles. The Balaban J connectivity index is 0. The molecule has 0 saturated heterocycles. The van der Waals surface area contributed by atoms with Crippen LogP contribution < -0.4 is 51.4 Å². The molecule has 0 aromatic rings. The van der Waals surface area contributed by atoms with E-state index in [4.69, 9.17) is 0 Å². The maximum absolute atomic E-state index is 3.56. The van der Waals surface area contributed by atoms with Crippen LogP contribution in [0, 0.1) is 6.42 Å². The maximum atomic E-state index is 3.56. The molecule has 0 aromatic carbocycles. The summed E-state index contributed by atoms with van der Waals surface area (Å²) in [6.45, 7) is 4.00. The normalized spacial score (nSPS) is 23.7. The molecule has 0 radical (unpaired) electrons. The van der Waals surface area contributed by atoms with E-state index in [1.54, 1.807) is 0 Å². The van der Waals surface area contributed by atoms with Crippen molar-refractivity contribution in [3.63, 3.8) is 0 Å². The van der Waals surface area contributed by atoms with Crippen LogP contribution in [-0.2, 0) is 0 Å². The van der Waals surface area contributed by atoms with Crippen LogP contribution in [0.4, 0.5) is 0 Å². The van der Waals surface area contributed by atoms with E-state index in [-0.39, 0.29) is 51.4 Å². The van der Waals surface area contributed by atoms with Crippen LogP contribution in [-0.4, -0.2) is 4.83 Å². The fourth-order valence-corrected chi connectivity index (χ4v) is 1.49. The molecule has 1 aliphatic rings. The SMILES string of the molecule is BrC1C[CH-]CCC1.CC.[K+]. The van der Waals surface area contributed by atoms with Gasteiger partial charge in [0.2, 0.25) is 0 Å². The van der Waals surface area contributed by atoms with Crippen LogP contribution in [0.15, 0.2) is 0 Å². The molecular formula is C8H16BrK. The van der Waals surface area contributed by atoms with E-state index in [0.29, 0.717) is 0 Å². The smallest absolute Gasteiger partial charge is 0.327 e. The van der Waals surface area contributed by atoms with Crippen LogP contribution >= 0.6 is 15.9 Å². The molecule has 0 heterocycles. The van der Waals surface area contributed by atoms with Crippen molar-refractivity contribution in [1.82, 2.24) is 0 Å². The monoisotopic (exact) mass is 230 g/mol. The predicted molar refractivity (Wildman–Crippen MR) is 46.8 cm³/mol. The first kappa shape index (κ1) is 14.6. The van der Waals surface area contributed by atoms with E-state index in [1.807, 2.05) is 13.8 Å². The summed E-state index contributed by atoms with van der Waals surface area (Å²) in [5.41, 5.74) is 0. The van der Waals surface area contributed by atoms with E-state index in [2.05, 4.69) is 22.4 Å². The summed E-state index contributed by atoms with van der Waals surface area (Å²) in [4.78, 5) is 0.793. The number of hydrogen-bond acceptors (Lipinski definition) is 0. The van der Waals surface area contributed by atoms with Gasteiger partial charge in [0.05, 0.1) is 0 Å². The van der Waals surface area contributed by atoms with Crippen molar-refractivity contribution < 1.29 is 51.4 Å². The molecule has 0 bridgehead atoms. The molecule has 56 valence electrons. The van der Waals surface area contributed by atoms with Gasteiger partial charge < -0.3 is 6.42 Å². The number of alkyl halides is 1. The van der Waals surface area contributed by atoms with Crippen molar-refractivity contribution in [2.75, 3.05) is 0 Å². The molecule has 0 nitrogen and oxygen atoms in total. The average Bonchev–Trinajstić information content (AvgIpc) is 1.94. The van der Waals surface area contributed by atoms with Crippen molar-refractivity contribution in [2.24, 2.45) is 0 Å². The van der Waals surface area contributed by atoms with Crippen molar-refractivity contribution in [3.05, 3.63) is 6.42 Å². The van der Waals surface area contributed by atoms with Gasteiger partial charge in [-0.25, -0.2) is 0 Å². The third-order valence-electron chi connectivity index (χ3n) is 1.35. The van der Waals surface area contributed by atoms with E-state index in [9.17, 15) is 0 Å². The van der Waals surface area contributed by atoms with E-state index < -0.39 is 0 Å². The fraction of sp³-hybridized carbons (Fsp3) is 0.875. The van der Waals surface area contributed by atoms with Crippen LogP contribution in [0.2, 0.25) is 0 Å². The third-order valence-corrected chi connectivity index (χ3v) is 2.18. The molecule has 1 aliphatic carbocycles. The van der Waals surface area contributed by atoms with Gasteiger partial charge in [0.15, 0.2) is 0 Å². The number of hydrogen-bond donors (Lipinski definition) is 0. The molecule has 0 amide bonds. The topological polar surface area (TPSA) is 0 Å². The Morgan fingerprint density at radius 3 is 2.20 bits per heavy atom. The summed E-state index contributed by atoms with van der Waals surface area (Å²) < 4.78 is 0. The first-order chi connectivity index (χ1) is 4.39. The maximum Gasteiger partial charge on any atom is 1.00 e. The summed E-state index contributed by atoms with van der Waals surface area (Å²) in [6.07, 6.45) is 7.73. The van der Waals surface area contributed by atoms with Crippen LogP contribution in [0.5, 0.6) is 0 Å². The number of rotatable bonds is 0. The summed E-state index contributed by atoms with van der Waals surface area (Å²) in [5, 5.41) is 0. The van der Waals surface area contributed by atoms with Gasteiger partial charge in [0.1, 0.15) is 0 Å².